The highest BCUT2D eigenvalue weighted by Gasteiger charge is 2.12. The summed E-state index contributed by atoms with van der Waals surface area (Å²) in [6, 6.07) is 4.96. The van der Waals surface area contributed by atoms with Gasteiger partial charge in [-0.3, -0.25) is 19.8 Å². The molecule has 1 heterocycles. The molecule has 0 aliphatic heterocycles. The lowest BCUT2D eigenvalue weighted by atomic mass is 10.2. The molecule has 8 nitrogen and oxygen atoms in total. The van der Waals surface area contributed by atoms with Crippen molar-refractivity contribution < 1.29 is 14.6 Å². The molecule has 1 aromatic carbocycles. The predicted octanol–water partition coefficient (Wildman–Crippen LogP) is 0.927. The molecule has 0 aliphatic rings. The average Bonchev–Trinajstić information content (AvgIpc) is 2.45. The minimum atomic E-state index is -0.787. The van der Waals surface area contributed by atoms with Gasteiger partial charge in [-0.25, -0.2) is 4.79 Å². The van der Waals surface area contributed by atoms with Crippen molar-refractivity contribution in [1.82, 2.24) is 9.97 Å². The van der Waals surface area contributed by atoms with Crippen molar-refractivity contribution >= 4 is 11.4 Å². The lowest BCUT2D eigenvalue weighted by Crippen LogP contribution is -2.27. The third-order valence-corrected chi connectivity index (χ3v) is 2.95. The highest BCUT2D eigenvalue weighted by Crippen LogP contribution is 2.31. The first kappa shape index (κ1) is 15.4. The van der Waals surface area contributed by atoms with Crippen LogP contribution in [0.25, 0.3) is 0 Å². The van der Waals surface area contributed by atoms with Crippen molar-refractivity contribution in [1.29, 1.82) is 0 Å². The number of hydrogen-bond donors (Lipinski definition) is 3. The fourth-order valence-corrected chi connectivity index (χ4v) is 1.95. The van der Waals surface area contributed by atoms with E-state index in [9.17, 15) is 14.7 Å². The van der Waals surface area contributed by atoms with Gasteiger partial charge in [-0.2, -0.15) is 0 Å². The maximum atomic E-state index is 11.8. The number of methoxy groups -OCH3 is 2. The molecule has 0 saturated carbocycles. The predicted molar refractivity (Wildman–Crippen MR) is 80.8 cm³/mol. The topological polar surface area (TPSA) is 117 Å². The molecular formula is C14H15N3O5. The number of aromatic hydroxyl groups is 1. The number of rotatable bonds is 4. The molecule has 3 N–H and O–H groups in total. The van der Waals surface area contributed by atoms with Crippen LogP contribution in [0.15, 0.2) is 32.8 Å². The second-order valence-electron chi connectivity index (χ2n) is 4.37. The molecule has 2 aromatic rings. The summed E-state index contributed by atoms with van der Waals surface area (Å²) < 4.78 is 10.3. The summed E-state index contributed by atoms with van der Waals surface area (Å²) in [5, 5.41) is 9.70. The van der Waals surface area contributed by atoms with E-state index in [1.807, 2.05) is 4.98 Å². The first-order valence-electron chi connectivity index (χ1n) is 6.29. The average molecular weight is 305 g/mol. The van der Waals surface area contributed by atoms with Crippen molar-refractivity contribution in [2.75, 3.05) is 14.2 Å². The van der Waals surface area contributed by atoms with Gasteiger partial charge in [0.25, 0.3) is 5.56 Å². The Bertz CT molecular complexity index is 835. The summed E-state index contributed by atoms with van der Waals surface area (Å²) >= 11 is 0. The van der Waals surface area contributed by atoms with Crippen LogP contribution in [-0.4, -0.2) is 35.0 Å². The van der Waals surface area contributed by atoms with E-state index in [1.165, 1.54) is 14.2 Å². The molecule has 0 unspecified atom stereocenters. The number of aromatic nitrogens is 2. The van der Waals surface area contributed by atoms with E-state index in [1.54, 1.807) is 25.1 Å². The van der Waals surface area contributed by atoms with E-state index in [4.69, 9.17) is 9.47 Å². The maximum Gasteiger partial charge on any atom is 0.328 e. The quantitative estimate of drug-likeness (QED) is 0.726. The molecular weight excluding hydrogens is 290 g/mol. The Labute approximate surface area is 125 Å². The highest BCUT2D eigenvalue weighted by atomic mass is 16.5. The Morgan fingerprint density at radius 1 is 1.14 bits per heavy atom. The van der Waals surface area contributed by atoms with E-state index in [0.29, 0.717) is 17.2 Å². The molecule has 0 fully saturated rings. The van der Waals surface area contributed by atoms with Crippen molar-refractivity contribution in [3.05, 3.63) is 44.6 Å². The standard InChI is InChI=1S/C14H15N3O5/c1-7(11-12(18)16-14(20)17-13(11)19)15-8-4-5-9(21-2)10(6-8)22-3/h4-6H,1-3H3,(H3,16,17,18,19,20). The molecule has 1 aromatic heterocycles. The number of aliphatic imine (C=N–C) groups is 1. The lowest BCUT2D eigenvalue weighted by Gasteiger charge is -2.08. The third-order valence-electron chi connectivity index (χ3n) is 2.95. The van der Waals surface area contributed by atoms with Crippen LogP contribution in [0.4, 0.5) is 5.69 Å². The van der Waals surface area contributed by atoms with Gasteiger partial charge < -0.3 is 14.6 Å². The summed E-state index contributed by atoms with van der Waals surface area (Å²) in [5.74, 6) is 0.496. The van der Waals surface area contributed by atoms with Crippen molar-refractivity contribution in [2.45, 2.75) is 6.92 Å². The van der Waals surface area contributed by atoms with Crippen LogP contribution in [0.2, 0.25) is 0 Å². The highest BCUT2D eigenvalue weighted by molar-refractivity contribution is 6.01. The molecule has 0 atom stereocenters. The van der Waals surface area contributed by atoms with E-state index in [-0.39, 0.29) is 11.3 Å². The van der Waals surface area contributed by atoms with E-state index in [0.717, 1.165) is 0 Å². The molecule has 0 spiro atoms. The molecule has 116 valence electrons. The lowest BCUT2D eigenvalue weighted by molar-refractivity contribution is 0.355. The van der Waals surface area contributed by atoms with Gasteiger partial charge in [0.2, 0.25) is 5.88 Å². The van der Waals surface area contributed by atoms with Gasteiger partial charge in [0.05, 0.1) is 25.6 Å². The van der Waals surface area contributed by atoms with Crippen molar-refractivity contribution in [3.63, 3.8) is 0 Å². The van der Waals surface area contributed by atoms with Crippen LogP contribution >= 0.6 is 0 Å². The molecule has 0 aliphatic carbocycles. The Kier molecular flexibility index (Phi) is 4.31. The minimum Gasteiger partial charge on any atom is -0.494 e. The first-order chi connectivity index (χ1) is 10.5. The molecule has 22 heavy (non-hydrogen) atoms. The minimum absolute atomic E-state index is 0.102. The van der Waals surface area contributed by atoms with E-state index >= 15 is 0 Å². The molecule has 0 radical (unpaired) electrons. The fraction of sp³-hybridized carbons (Fsp3) is 0.214. The number of ether oxygens (including phenoxy) is 2. The zero-order valence-electron chi connectivity index (χ0n) is 12.3. The largest absolute Gasteiger partial charge is 0.494 e. The first-order valence-corrected chi connectivity index (χ1v) is 6.29. The van der Waals surface area contributed by atoms with Crippen LogP contribution in [0.3, 0.4) is 0 Å². The van der Waals surface area contributed by atoms with Crippen molar-refractivity contribution in [3.8, 4) is 17.4 Å². The second-order valence-corrected chi connectivity index (χ2v) is 4.37. The number of nitrogens with one attached hydrogen (secondary N) is 2. The molecule has 0 saturated heterocycles. The zero-order chi connectivity index (χ0) is 16.3. The monoisotopic (exact) mass is 305 g/mol. The SMILES string of the molecule is COc1ccc(N=C(C)c2c(O)[nH]c(=O)[nH]c2=O)cc1OC. The summed E-state index contributed by atoms with van der Waals surface area (Å²) in [4.78, 5) is 31.2. The summed E-state index contributed by atoms with van der Waals surface area (Å²) in [6.07, 6.45) is 0. The molecule has 2 rings (SSSR count). The van der Waals surface area contributed by atoms with Crippen LogP contribution in [0.5, 0.6) is 17.4 Å². The van der Waals surface area contributed by atoms with Crippen molar-refractivity contribution in [2.24, 2.45) is 4.99 Å². The molecule has 0 bridgehead atoms. The maximum absolute atomic E-state index is 11.8. The Morgan fingerprint density at radius 3 is 2.41 bits per heavy atom. The van der Waals surface area contributed by atoms with Gasteiger partial charge in [0, 0.05) is 6.07 Å². The van der Waals surface area contributed by atoms with E-state index in [2.05, 4.69) is 9.98 Å². The molecule has 0 amide bonds. The summed E-state index contributed by atoms with van der Waals surface area (Å²) in [5.41, 5.74) is -0.870. The second kappa shape index (κ2) is 6.17. The Hall–Kier alpha value is -3.03. The number of aromatic amines is 2. The zero-order valence-corrected chi connectivity index (χ0v) is 12.3. The van der Waals surface area contributed by atoms with Gasteiger partial charge in [0.1, 0.15) is 5.56 Å². The van der Waals surface area contributed by atoms with Gasteiger partial charge in [-0.05, 0) is 19.1 Å². The Morgan fingerprint density at radius 2 is 1.82 bits per heavy atom. The van der Waals surface area contributed by atoms with Crippen LogP contribution in [0.1, 0.15) is 12.5 Å². The fourth-order valence-electron chi connectivity index (χ4n) is 1.95. The molecule has 8 heteroatoms. The van der Waals surface area contributed by atoms with Crippen LogP contribution < -0.4 is 20.7 Å². The van der Waals surface area contributed by atoms with E-state index < -0.39 is 17.1 Å². The number of hydrogen-bond acceptors (Lipinski definition) is 6. The summed E-state index contributed by atoms with van der Waals surface area (Å²) in [6.45, 7) is 1.54. The van der Waals surface area contributed by atoms with Gasteiger partial charge in [-0.1, -0.05) is 0 Å². The van der Waals surface area contributed by atoms with Gasteiger partial charge in [0.15, 0.2) is 11.5 Å². The normalized spacial score (nSPS) is 11.3. The number of nitrogens with zero attached hydrogens (tertiary/aromatic N) is 1. The third kappa shape index (κ3) is 3.00. The number of benzene rings is 1. The smallest absolute Gasteiger partial charge is 0.328 e. The van der Waals surface area contributed by atoms with Gasteiger partial charge >= 0.3 is 5.69 Å². The summed E-state index contributed by atoms with van der Waals surface area (Å²) in [7, 11) is 3.01. The Balaban J connectivity index is 2.50. The number of H-pyrrole nitrogens is 2. The van der Waals surface area contributed by atoms with Gasteiger partial charge in [-0.15, -0.1) is 0 Å². The van der Waals surface area contributed by atoms with Crippen LogP contribution in [0, 0.1) is 0 Å². The van der Waals surface area contributed by atoms with Crippen LogP contribution in [-0.2, 0) is 0 Å².